The third-order valence-corrected chi connectivity index (χ3v) is 4.79. The molecule has 1 aromatic carbocycles. The zero-order valence-corrected chi connectivity index (χ0v) is 11.4. The van der Waals surface area contributed by atoms with Crippen molar-refractivity contribution in [3.8, 4) is 0 Å². The van der Waals surface area contributed by atoms with Gasteiger partial charge in [-0.15, -0.1) is 0 Å². The molecule has 3 heteroatoms. The predicted octanol–water partition coefficient (Wildman–Crippen LogP) is 3.11. The Labute approximate surface area is 114 Å². The molecule has 0 amide bonds. The minimum atomic E-state index is -0.690. The van der Waals surface area contributed by atoms with Crippen molar-refractivity contribution in [1.29, 1.82) is 0 Å². The van der Waals surface area contributed by atoms with Crippen molar-refractivity contribution in [2.24, 2.45) is 11.8 Å². The first-order chi connectivity index (χ1) is 9.16. The number of para-hydroxylation sites is 1. The first-order valence-electron chi connectivity index (χ1n) is 7.23. The Morgan fingerprint density at radius 1 is 1.42 bits per heavy atom. The number of carboxylic acid groups (broad SMARTS) is 1. The number of hydrogen-bond donors (Lipinski definition) is 1. The summed E-state index contributed by atoms with van der Waals surface area (Å²) < 4.78 is 0. The minimum absolute atomic E-state index is 0.133. The van der Waals surface area contributed by atoms with Crippen LogP contribution in [0.3, 0.4) is 0 Å². The van der Waals surface area contributed by atoms with E-state index in [0.717, 1.165) is 19.0 Å². The van der Waals surface area contributed by atoms with E-state index in [0.29, 0.717) is 0 Å². The molecule has 1 aromatic rings. The molecule has 0 spiro atoms. The SMILES string of the molecule is CC(C(=O)O)C1CN(CC2CCC2)c2ccccc21. The molecule has 0 saturated heterocycles. The largest absolute Gasteiger partial charge is 0.481 e. The van der Waals surface area contributed by atoms with Gasteiger partial charge in [0.15, 0.2) is 0 Å². The summed E-state index contributed by atoms with van der Waals surface area (Å²) in [6.45, 7) is 3.79. The molecule has 1 fully saturated rings. The Morgan fingerprint density at radius 3 is 2.79 bits per heavy atom. The number of benzene rings is 1. The second-order valence-electron chi connectivity index (χ2n) is 5.99. The van der Waals surface area contributed by atoms with Crippen LogP contribution in [0.5, 0.6) is 0 Å². The highest BCUT2D eigenvalue weighted by Gasteiger charge is 2.36. The molecule has 1 aliphatic heterocycles. The molecular weight excluding hydrogens is 238 g/mol. The van der Waals surface area contributed by atoms with Crippen molar-refractivity contribution in [3.63, 3.8) is 0 Å². The molecule has 0 radical (unpaired) electrons. The highest BCUT2D eigenvalue weighted by atomic mass is 16.4. The average molecular weight is 259 g/mol. The van der Waals surface area contributed by atoms with Crippen LogP contribution in [0.1, 0.15) is 37.7 Å². The molecule has 19 heavy (non-hydrogen) atoms. The van der Waals surface area contributed by atoms with E-state index >= 15 is 0 Å². The fraction of sp³-hybridized carbons (Fsp3) is 0.562. The van der Waals surface area contributed by atoms with E-state index in [4.69, 9.17) is 0 Å². The van der Waals surface area contributed by atoms with Gasteiger partial charge in [-0.25, -0.2) is 0 Å². The van der Waals surface area contributed by atoms with Gasteiger partial charge in [-0.3, -0.25) is 4.79 Å². The van der Waals surface area contributed by atoms with Gasteiger partial charge in [0, 0.05) is 24.7 Å². The number of aliphatic carboxylic acids is 1. The van der Waals surface area contributed by atoms with Crippen LogP contribution >= 0.6 is 0 Å². The molecule has 3 rings (SSSR count). The molecule has 1 aliphatic carbocycles. The molecule has 0 bridgehead atoms. The fourth-order valence-electron chi connectivity index (χ4n) is 3.28. The van der Waals surface area contributed by atoms with Crippen molar-refractivity contribution in [2.45, 2.75) is 32.1 Å². The summed E-state index contributed by atoms with van der Waals surface area (Å²) in [7, 11) is 0. The van der Waals surface area contributed by atoms with Crippen LogP contribution in [-0.2, 0) is 4.79 Å². The molecule has 0 aromatic heterocycles. The molecule has 2 unspecified atom stereocenters. The molecule has 2 atom stereocenters. The lowest BCUT2D eigenvalue weighted by Gasteiger charge is -2.32. The van der Waals surface area contributed by atoms with E-state index in [1.807, 2.05) is 13.0 Å². The normalized spacial score (nSPS) is 23.8. The van der Waals surface area contributed by atoms with Crippen LogP contribution in [0.2, 0.25) is 0 Å². The number of hydrogen-bond acceptors (Lipinski definition) is 2. The Morgan fingerprint density at radius 2 is 2.16 bits per heavy atom. The second kappa shape index (κ2) is 4.87. The van der Waals surface area contributed by atoms with Gasteiger partial charge in [0.2, 0.25) is 0 Å². The van der Waals surface area contributed by atoms with Gasteiger partial charge >= 0.3 is 5.97 Å². The summed E-state index contributed by atoms with van der Waals surface area (Å²) in [5.41, 5.74) is 2.48. The van der Waals surface area contributed by atoms with Crippen LogP contribution in [0.4, 0.5) is 5.69 Å². The van der Waals surface area contributed by atoms with E-state index in [1.165, 1.54) is 30.5 Å². The first kappa shape index (κ1) is 12.5. The van der Waals surface area contributed by atoms with Crippen LogP contribution in [0, 0.1) is 11.8 Å². The number of anilines is 1. The van der Waals surface area contributed by atoms with Crippen LogP contribution in [0.25, 0.3) is 0 Å². The van der Waals surface area contributed by atoms with E-state index in [1.54, 1.807) is 0 Å². The maximum absolute atomic E-state index is 11.3. The van der Waals surface area contributed by atoms with Crippen molar-refractivity contribution in [2.75, 3.05) is 18.0 Å². The molecule has 1 saturated carbocycles. The van der Waals surface area contributed by atoms with Crippen LogP contribution in [0.15, 0.2) is 24.3 Å². The summed E-state index contributed by atoms with van der Waals surface area (Å²) in [5.74, 6) is -0.0569. The van der Waals surface area contributed by atoms with E-state index in [-0.39, 0.29) is 11.8 Å². The van der Waals surface area contributed by atoms with E-state index < -0.39 is 5.97 Å². The maximum atomic E-state index is 11.3. The number of rotatable bonds is 4. The Bertz CT molecular complexity index is 481. The molecule has 1 N–H and O–H groups in total. The van der Waals surface area contributed by atoms with Crippen LogP contribution in [-0.4, -0.2) is 24.2 Å². The van der Waals surface area contributed by atoms with Crippen molar-refractivity contribution < 1.29 is 9.90 Å². The topological polar surface area (TPSA) is 40.5 Å². The summed E-state index contributed by atoms with van der Waals surface area (Å²) in [6, 6.07) is 8.32. The van der Waals surface area contributed by atoms with Crippen LogP contribution < -0.4 is 4.90 Å². The quantitative estimate of drug-likeness (QED) is 0.903. The van der Waals surface area contributed by atoms with E-state index in [2.05, 4.69) is 23.1 Å². The number of carboxylic acids is 1. The number of nitrogens with zero attached hydrogens (tertiary/aromatic N) is 1. The van der Waals surface area contributed by atoms with Crippen molar-refractivity contribution in [1.82, 2.24) is 0 Å². The zero-order chi connectivity index (χ0) is 13.4. The summed E-state index contributed by atoms with van der Waals surface area (Å²) in [4.78, 5) is 13.7. The summed E-state index contributed by atoms with van der Waals surface area (Å²) >= 11 is 0. The van der Waals surface area contributed by atoms with Gasteiger partial charge in [0.05, 0.1) is 5.92 Å². The molecule has 1 heterocycles. The average Bonchev–Trinajstić information content (AvgIpc) is 2.72. The van der Waals surface area contributed by atoms with Gasteiger partial charge < -0.3 is 10.0 Å². The fourth-order valence-corrected chi connectivity index (χ4v) is 3.28. The molecular formula is C16H21NO2. The summed E-state index contributed by atoms with van der Waals surface area (Å²) in [6.07, 6.45) is 4.02. The third-order valence-electron chi connectivity index (χ3n) is 4.79. The van der Waals surface area contributed by atoms with Gasteiger partial charge in [-0.05, 0) is 30.4 Å². The van der Waals surface area contributed by atoms with Gasteiger partial charge in [0.25, 0.3) is 0 Å². The molecule has 102 valence electrons. The maximum Gasteiger partial charge on any atom is 0.306 e. The van der Waals surface area contributed by atoms with Crippen molar-refractivity contribution >= 4 is 11.7 Å². The van der Waals surface area contributed by atoms with E-state index in [9.17, 15) is 9.90 Å². The predicted molar refractivity (Wildman–Crippen MR) is 75.5 cm³/mol. The third kappa shape index (κ3) is 2.22. The highest BCUT2D eigenvalue weighted by molar-refractivity contribution is 5.73. The van der Waals surface area contributed by atoms with Crippen molar-refractivity contribution in [3.05, 3.63) is 29.8 Å². The number of carbonyl (C=O) groups is 1. The van der Waals surface area contributed by atoms with Gasteiger partial charge in [-0.1, -0.05) is 31.5 Å². The number of fused-ring (bicyclic) bond motifs is 1. The molecule has 2 aliphatic rings. The lowest BCUT2D eigenvalue weighted by atomic mass is 9.85. The lowest BCUT2D eigenvalue weighted by molar-refractivity contribution is -0.141. The standard InChI is InChI=1S/C16H21NO2/c1-11(16(18)19)14-10-17(9-12-5-4-6-12)15-8-3-2-7-13(14)15/h2-3,7-8,11-12,14H,4-6,9-10H2,1H3,(H,18,19). The lowest BCUT2D eigenvalue weighted by Crippen LogP contribution is -2.33. The Hall–Kier alpha value is -1.51. The Balaban J connectivity index is 1.83. The molecule has 3 nitrogen and oxygen atoms in total. The van der Waals surface area contributed by atoms with Gasteiger partial charge in [-0.2, -0.15) is 0 Å². The summed E-state index contributed by atoms with van der Waals surface area (Å²) in [5, 5.41) is 9.27. The smallest absolute Gasteiger partial charge is 0.306 e. The highest BCUT2D eigenvalue weighted by Crippen LogP contribution is 2.41. The zero-order valence-electron chi connectivity index (χ0n) is 11.4. The Kier molecular flexibility index (Phi) is 3.21. The minimum Gasteiger partial charge on any atom is -0.481 e. The second-order valence-corrected chi connectivity index (χ2v) is 5.99. The van der Waals surface area contributed by atoms with Gasteiger partial charge in [0.1, 0.15) is 0 Å². The monoisotopic (exact) mass is 259 g/mol. The first-order valence-corrected chi connectivity index (χ1v) is 7.23.